The van der Waals surface area contributed by atoms with E-state index in [2.05, 4.69) is 10.2 Å². The Kier molecular flexibility index (Phi) is 2.01. The van der Waals surface area contributed by atoms with Gasteiger partial charge < -0.3 is 5.73 Å². The van der Waals surface area contributed by atoms with Gasteiger partial charge in [-0.3, -0.25) is 5.10 Å². The lowest BCUT2D eigenvalue weighted by Crippen LogP contribution is -2.28. The van der Waals surface area contributed by atoms with Crippen LogP contribution in [0.2, 0.25) is 5.15 Å². The van der Waals surface area contributed by atoms with Gasteiger partial charge in [0, 0.05) is 10.9 Å². The highest BCUT2D eigenvalue weighted by Crippen LogP contribution is 2.25. The molecule has 4 heteroatoms. The van der Waals surface area contributed by atoms with E-state index >= 15 is 0 Å². The molecule has 74 valence electrons. The van der Waals surface area contributed by atoms with E-state index in [-0.39, 0.29) is 5.54 Å². The number of hydrogen-bond acceptors (Lipinski definition) is 2. The monoisotopic (exact) mass is 209 g/mol. The molecule has 0 radical (unpaired) electrons. The third-order valence-electron chi connectivity index (χ3n) is 2.25. The van der Waals surface area contributed by atoms with Gasteiger partial charge in [-0.25, -0.2) is 0 Å². The summed E-state index contributed by atoms with van der Waals surface area (Å²) in [6.45, 7) is 3.92. The molecule has 0 fully saturated rings. The molecule has 0 aliphatic rings. The number of fused-ring (bicyclic) bond motifs is 1. The van der Waals surface area contributed by atoms with Gasteiger partial charge in [0.05, 0.1) is 5.52 Å². The second-order valence-corrected chi connectivity index (χ2v) is 4.37. The standard InChI is InChI=1S/C10H12ClN3/c1-10(2,12)6-3-4-8-7(5-6)9(11)14-13-8/h3-5H,12H2,1-2H3,(H,13,14). The lowest BCUT2D eigenvalue weighted by molar-refractivity contribution is 0.555. The molecular formula is C10H12ClN3. The van der Waals surface area contributed by atoms with Crippen LogP contribution in [0.1, 0.15) is 19.4 Å². The lowest BCUT2D eigenvalue weighted by atomic mass is 9.95. The fourth-order valence-electron chi connectivity index (χ4n) is 1.38. The van der Waals surface area contributed by atoms with Crippen molar-refractivity contribution in [3.05, 3.63) is 28.9 Å². The zero-order valence-corrected chi connectivity index (χ0v) is 8.89. The molecule has 3 N–H and O–H groups in total. The summed E-state index contributed by atoms with van der Waals surface area (Å²) in [5, 5.41) is 8.25. The molecule has 2 rings (SSSR count). The third-order valence-corrected chi connectivity index (χ3v) is 2.54. The Labute approximate surface area is 87.2 Å². The molecule has 0 unspecified atom stereocenters. The molecular weight excluding hydrogens is 198 g/mol. The number of nitrogens with zero attached hydrogens (tertiary/aromatic N) is 1. The van der Waals surface area contributed by atoms with Gasteiger partial charge in [-0.15, -0.1) is 0 Å². The molecule has 1 aromatic heterocycles. The molecule has 0 amide bonds. The van der Waals surface area contributed by atoms with Crippen LogP contribution in [0.15, 0.2) is 18.2 Å². The van der Waals surface area contributed by atoms with Crippen LogP contribution >= 0.6 is 11.6 Å². The predicted molar refractivity (Wildman–Crippen MR) is 58.3 cm³/mol. The average Bonchev–Trinajstić information content (AvgIpc) is 2.46. The first kappa shape index (κ1) is 9.49. The Hall–Kier alpha value is -1.06. The van der Waals surface area contributed by atoms with Crippen molar-refractivity contribution in [2.75, 3.05) is 0 Å². The first-order valence-corrected chi connectivity index (χ1v) is 4.79. The molecule has 1 aromatic carbocycles. The highest BCUT2D eigenvalue weighted by Gasteiger charge is 2.15. The summed E-state index contributed by atoms with van der Waals surface area (Å²) >= 11 is 5.94. The fourth-order valence-corrected chi connectivity index (χ4v) is 1.57. The van der Waals surface area contributed by atoms with E-state index in [9.17, 15) is 0 Å². The van der Waals surface area contributed by atoms with Crippen LogP contribution in [0.25, 0.3) is 10.9 Å². The Morgan fingerprint density at radius 3 is 2.79 bits per heavy atom. The number of rotatable bonds is 1. The highest BCUT2D eigenvalue weighted by molar-refractivity contribution is 6.34. The molecule has 0 aliphatic carbocycles. The quantitative estimate of drug-likeness (QED) is 0.758. The maximum absolute atomic E-state index is 5.99. The van der Waals surface area contributed by atoms with E-state index in [0.717, 1.165) is 16.5 Å². The Bertz CT molecular complexity index is 468. The second kappa shape index (κ2) is 2.97. The van der Waals surface area contributed by atoms with Crippen LogP contribution in [-0.4, -0.2) is 10.2 Å². The van der Waals surface area contributed by atoms with Crippen molar-refractivity contribution >= 4 is 22.5 Å². The van der Waals surface area contributed by atoms with Gasteiger partial charge in [-0.05, 0) is 31.5 Å². The maximum atomic E-state index is 5.99. The van der Waals surface area contributed by atoms with Gasteiger partial charge in [0.15, 0.2) is 0 Å². The minimum atomic E-state index is -0.352. The van der Waals surface area contributed by atoms with Crippen molar-refractivity contribution in [3.63, 3.8) is 0 Å². The van der Waals surface area contributed by atoms with E-state index < -0.39 is 0 Å². The summed E-state index contributed by atoms with van der Waals surface area (Å²) in [5.74, 6) is 0. The first-order chi connectivity index (χ1) is 6.48. The van der Waals surface area contributed by atoms with E-state index in [1.165, 1.54) is 0 Å². The number of aromatic amines is 1. The molecule has 0 bridgehead atoms. The Balaban J connectivity index is 2.66. The van der Waals surface area contributed by atoms with Crippen molar-refractivity contribution in [2.45, 2.75) is 19.4 Å². The Morgan fingerprint density at radius 2 is 2.14 bits per heavy atom. The van der Waals surface area contributed by atoms with E-state index in [1.54, 1.807) is 0 Å². The fraction of sp³-hybridized carbons (Fsp3) is 0.300. The van der Waals surface area contributed by atoms with Crippen LogP contribution < -0.4 is 5.73 Å². The topological polar surface area (TPSA) is 54.7 Å². The lowest BCUT2D eigenvalue weighted by Gasteiger charge is -2.18. The summed E-state index contributed by atoms with van der Waals surface area (Å²) in [6.07, 6.45) is 0. The summed E-state index contributed by atoms with van der Waals surface area (Å²) in [6, 6.07) is 5.86. The summed E-state index contributed by atoms with van der Waals surface area (Å²) in [7, 11) is 0. The van der Waals surface area contributed by atoms with Crippen molar-refractivity contribution in [2.24, 2.45) is 5.73 Å². The molecule has 3 nitrogen and oxygen atoms in total. The van der Waals surface area contributed by atoms with Gasteiger partial charge in [0.2, 0.25) is 0 Å². The zero-order valence-electron chi connectivity index (χ0n) is 8.13. The first-order valence-electron chi connectivity index (χ1n) is 4.41. The molecule has 1 heterocycles. The number of hydrogen-bond donors (Lipinski definition) is 2. The minimum absolute atomic E-state index is 0.352. The number of benzene rings is 1. The molecule has 0 spiro atoms. The molecule has 0 atom stereocenters. The predicted octanol–water partition coefficient (Wildman–Crippen LogP) is 2.41. The highest BCUT2D eigenvalue weighted by atomic mass is 35.5. The van der Waals surface area contributed by atoms with Crippen molar-refractivity contribution in [3.8, 4) is 0 Å². The molecule has 14 heavy (non-hydrogen) atoms. The average molecular weight is 210 g/mol. The van der Waals surface area contributed by atoms with Crippen molar-refractivity contribution in [1.82, 2.24) is 10.2 Å². The van der Waals surface area contributed by atoms with Gasteiger partial charge in [0.1, 0.15) is 5.15 Å². The van der Waals surface area contributed by atoms with Crippen LogP contribution in [0.5, 0.6) is 0 Å². The smallest absolute Gasteiger partial charge is 0.132 e. The number of halogens is 1. The SMILES string of the molecule is CC(C)(N)c1ccc2n[nH]c(Cl)c2c1. The number of nitrogens with one attached hydrogen (secondary N) is 1. The second-order valence-electron chi connectivity index (χ2n) is 3.99. The van der Waals surface area contributed by atoms with Crippen LogP contribution in [0.3, 0.4) is 0 Å². The van der Waals surface area contributed by atoms with E-state index in [4.69, 9.17) is 17.3 Å². The number of nitrogens with two attached hydrogens (primary N) is 1. The van der Waals surface area contributed by atoms with Crippen LogP contribution in [0.4, 0.5) is 0 Å². The summed E-state index contributed by atoms with van der Waals surface area (Å²) in [4.78, 5) is 0. The normalized spacial score (nSPS) is 12.3. The van der Waals surface area contributed by atoms with Crippen molar-refractivity contribution < 1.29 is 0 Å². The van der Waals surface area contributed by atoms with Crippen LogP contribution in [0, 0.1) is 0 Å². The van der Waals surface area contributed by atoms with E-state index in [0.29, 0.717) is 5.15 Å². The number of aromatic nitrogens is 2. The van der Waals surface area contributed by atoms with E-state index in [1.807, 2.05) is 32.0 Å². The van der Waals surface area contributed by atoms with Gasteiger partial charge in [-0.1, -0.05) is 17.7 Å². The third kappa shape index (κ3) is 1.49. The van der Waals surface area contributed by atoms with Crippen LogP contribution in [-0.2, 0) is 5.54 Å². The van der Waals surface area contributed by atoms with Gasteiger partial charge in [-0.2, -0.15) is 5.10 Å². The maximum Gasteiger partial charge on any atom is 0.132 e. The van der Waals surface area contributed by atoms with Gasteiger partial charge in [0.25, 0.3) is 0 Å². The Morgan fingerprint density at radius 1 is 1.43 bits per heavy atom. The largest absolute Gasteiger partial charge is 0.322 e. The van der Waals surface area contributed by atoms with Crippen molar-refractivity contribution in [1.29, 1.82) is 0 Å². The minimum Gasteiger partial charge on any atom is -0.322 e. The zero-order chi connectivity index (χ0) is 10.3. The molecule has 2 aromatic rings. The van der Waals surface area contributed by atoms with Gasteiger partial charge >= 0.3 is 0 Å². The molecule has 0 saturated carbocycles. The summed E-state index contributed by atoms with van der Waals surface area (Å²) in [5.41, 5.74) is 7.55. The summed E-state index contributed by atoms with van der Waals surface area (Å²) < 4.78 is 0. The molecule has 0 saturated heterocycles. The number of H-pyrrole nitrogens is 1. The molecule has 0 aliphatic heterocycles.